The Balaban J connectivity index is 2.02. The molecule has 0 spiro atoms. The Hall–Kier alpha value is -0.930. The van der Waals surface area contributed by atoms with E-state index in [9.17, 15) is 0 Å². The minimum absolute atomic E-state index is 0.387. The molecule has 0 radical (unpaired) electrons. The zero-order valence-electron chi connectivity index (χ0n) is 9.44. The molecule has 0 unspecified atom stereocenters. The number of nitrogens with two attached hydrogens (primary N) is 1. The maximum atomic E-state index is 5.96. The fourth-order valence-corrected chi connectivity index (χ4v) is 3.71. The quantitative estimate of drug-likeness (QED) is 0.820. The molecule has 2 atom stereocenters. The van der Waals surface area contributed by atoms with E-state index in [0.717, 1.165) is 12.8 Å². The minimum Gasteiger partial charge on any atom is -0.328 e. The van der Waals surface area contributed by atoms with Gasteiger partial charge in [-0.05, 0) is 37.8 Å². The lowest BCUT2D eigenvalue weighted by Gasteiger charge is -2.03. The van der Waals surface area contributed by atoms with Crippen molar-refractivity contribution >= 4 is 21.6 Å². The van der Waals surface area contributed by atoms with E-state index in [2.05, 4.69) is 25.1 Å². The van der Waals surface area contributed by atoms with Crippen molar-refractivity contribution in [2.45, 2.75) is 38.1 Å². The molecule has 0 aliphatic heterocycles. The maximum absolute atomic E-state index is 5.96. The third kappa shape index (κ3) is 1.64. The second-order valence-corrected chi connectivity index (χ2v) is 5.81. The highest BCUT2D eigenvalue weighted by Gasteiger charge is 2.25. The number of fused-ring (bicyclic) bond motifs is 1. The average molecular weight is 232 g/mol. The molecule has 16 heavy (non-hydrogen) atoms. The van der Waals surface area contributed by atoms with E-state index >= 15 is 0 Å². The zero-order chi connectivity index (χ0) is 11.1. The number of benzene rings is 1. The van der Waals surface area contributed by atoms with Crippen molar-refractivity contribution in [2.75, 3.05) is 0 Å². The number of nitrogens with zero attached hydrogens (tertiary/aromatic N) is 1. The fourth-order valence-electron chi connectivity index (χ4n) is 2.52. The van der Waals surface area contributed by atoms with Crippen LogP contribution in [0, 0.1) is 6.92 Å². The molecule has 0 amide bonds. The van der Waals surface area contributed by atoms with Gasteiger partial charge in [0.15, 0.2) is 0 Å². The lowest BCUT2D eigenvalue weighted by Crippen LogP contribution is -2.14. The first-order valence-electron chi connectivity index (χ1n) is 5.85. The molecule has 3 heteroatoms. The zero-order valence-corrected chi connectivity index (χ0v) is 10.3. The molecular formula is C13H16N2S. The molecule has 0 bridgehead atoms. The van der Waals surface area contributed by atoms with Gasteiger partial charge < -0.3 is 5.73 Å². The number of aryl methyl sites for hydroxylation is 1. The predicted molar refractivity (Wildman–Crippen MR) is 68.9 cm³/mol. The van der Waals surface area contributed by atoms with Crippen LogP contribution in [-0.2, 0) is 0 Å². The van der Waals surface area contributed by atoms with Gasteiger partial charge in [-0.15, -0.1) is 11.3 Å². The molecule has 0 saturated heterocycles. The first-order valence-corrected chi connectivity index (χ1v) is 6.67. The normalized spacial score (nSPS) is 25.4. The molecule has 1 aromatic carbocycles. The summed E-state index contributed by atoms with van der Waals surface area (Å²) in [7, 11) is 0. The molecule has 2 N–H and O–H groups in total. The number of thiazole rings is 1. The van der Waals surface area contributed by atoms with Crippen LogP contribution in [0.1, 0.15) is 35.8 Å². The first-order chi connectivity index (χ1) is 7.74. The lowest BCUT2D eigenvalue weighted by atomic mass is 10.1. The number of hydrogen-bond acceptors (Lipinski definition) is 3. The van der Waals surface area contributed by atoms with E-state index in [4.69, 9.17) is 10.7 Å². The summed E-state index contributed by atoms with van der Waals surface area (Å²) < 4.78 is 1.32. The number of rotatable bonds is 1. The Labute approximate surface area is 99.5 Å². The van der Waals surface area contributed by atoms with Crippen molar-refractivity contribution in [3.8, 4) is 0 Å². The smallest absolute Gasteiger partial charge is 0.0970 e. The molecule has 1 saturated carbocycles. The molecule has 1 aliphatic rings. The Kier molecular flexibility index (Phi) is 2.45. The van der Waals surface area contributed by atoms with Gasteiger partial charge >= 0.3 is 0 Å². The highest BCUT2D eigenvalue weighted by Crippen LogP contribution is 2.38. The molecule has 1 heterocycles. The van der Waals surface area contributed by atoms with Gasteiger partial charge in [0.05, 0.1) is 15.2 Å². The second kappa shape index (κ2) is 3.82. The van der Waals surface area contributed by atoms with Gasteiger partial charge in [-0.25, -0.2) is 4.98 Å². The topological polar surface area (TPSA) is 38.9 Å². The van der Waals surface area contributed by atoms with Gasteiger partial charge in [-0.3, -0.25) is 0 Å². The predicted octanol–water partition coefficient (Wildman–Crippen LogP) is 3.20. The average Bonchev–Trinajstić information content (AvgIpc) is 2.84. The summed E-state index contributed by atoms with van der Waals surface area (Å²) in [4.78, 5) is 4.79. The summed E-state index contributed by atoms with van der Waals surface area (Å²) in [5, 5.41) is 1.29. The molecule has 2 aromatic rings. The van der Waals surface area contributed by atoms with Gasteiger partial charge in [0.2, 0.25) is 0 Å². The Morgan fingerprint density at radius 3 is 2.94 bits per heavy atom. The summed E-state index contributed by atoms with van der Waals surface area (Å²) in [5.41, 5.74) is 8.43. The van der Waals surface area contributed by atoms with E-state index in [0.29, 0.717) is 12.0 Å². The van der Waals surface area contributed by atoms with Crippen LogP contribution in [0.15, 0.2) is 18.2 Å². The van der Waals surface area contributed by atoms with E-state index in [-0.39, 0.29) is 0 Å². The monoisotopic (exact) mass is 232 g/mol. The number of aromatic nitrogens is 1. The van der Waals surface area contributed by atoms with Crippen LogP contribution >= 0.6 is 11.3 Å². The van der Waals surface area contributed by atoms with Crippen LogP contribution in [0.3, 0.4) is 0 Å². The van der Waals surface area contributed by atoms with E-state index < -0.39 is 0 Å². The van der Waals surface area contributed by atoms with Crippen molar-refractivity contribution in [2.24, 2.45) is 5.73 Å². The minimum atomic E-state index is 0.387. The largest absolute Gasteiger partial charge is 0.328 e. The standard InChI is InChI=1S/C13H16N2S/c1-8-3-2-4-11-12(8)15-13(16-11)9-5-6-10(14)7-9/h2-4,9-10H,5-7,14H2,1H3/t9-,10+/m1/s1. The summed E-state index contributed by atoms with van der Waals surface area (Å²) >= 11 is 1.84. The van der Waals surface area contributed by atoms with Crippen molar-refractivity contribution in [3.05, 3.63) is 28.8 Å². The third-order valence-electron chi connectivity index (χ3n) is 3.46. The summed E-state index contributed by atoms with van der Waals surface area (Å²) in [6.07, 6.45) is 3.47. The van der Waals surface area contributed by atoms with Crippen LogP contribution in [0.25, 0.3) is 10.2 Å². The van der Waals surface area contributed by atoms with E-state index in [1.165, 1.54) is 27.2 Å². The van der Waals surface area contributed by atoms with Gasteiger partial charge in [-0.1, -0.05) is 12.1 Å². The van der Waals surface area contributed by atoms with E-state index in [1.54, 1.807) is 0 Å². The SMILES string of the molecule is Cc1cccc2sc([C@@H]3CC[C@H](N)C3)nc12. The molecule has 2 nitrogen and oxygen atoms in total. The molecule has 1 fully saturated rings. The van der Waals surface area contributed by atoms with Crippen LogP contribution in [-0.4, -0.2) is 11.0 Å². The summed E-state index contributed by atoms with van der Waals surface area (Å²) in [6.45, 7) is 2.13. The van der Waals surface area contributed by atoms with E-state index in [1.807, 2.05) is 11.3 Å². The lowest BCUT2D eigenvalue weighted by molar-refractivity contribution is 0.672. The molecule has 3 rings (SSSR count). The van der Waals surface area contributed by atoms with Crippen LogP contribution in [0.2, 0.25) is 0 Å². The molecule has 1 aliphatic carbocycles. The Bertz CT molecular complexity index is 518. The first kappa shape index (κ1) is 10.2. The Morgan fingerprint density at radius 1 is 1.38 bits per heavy atom. The molecular weight excluding hydrogens is 216 g/mol. The van der Waals surface area contributed by atoms with Crippen LogP contribution in [0.5, 0.6) is 0 Å². The van der Waals surface area contributed by atoms with Gasteiger partial charge in [0.1, 0.15) is 0 Å². The number of hydrogen-bond donors (Lipinski definition) is 1. The van der Waals surface area contributed by atoms with Crippen molar-refractivity contribution in [1.29, 1.82) is 0 Å². The second-order valence-electron chi connectivity index (χ2n) is 4.74. The Morgan fingerprint density at radius 2 is 2.25 bits per heavy atom. The third-order valence-corrected chi connectivity index (χ3v) is 4.64. The summed E-state index contributed by atoms with van der Waals surface area (Å²) in [6, 6.07) is 6.79. The molecule has 84 valence electrons. The summed E-state index contributed by atoms with van der Waals surface area (Å²) in [5.74, 6) is 0.604. The van der Waals surface area contributed by atoms with Gasteiger partial charge in [0.25, 0.3) is 0 Å². The maximum Gasteiger partial charge on any atom is 0.0970 e. The van der Waals surface area contributed by atoms with Crippen LogP contribution in [0.4, 0.5) is 0 Å². The van der Waals surface area contributed by atoms with Crippen molar-refractivity contribution in [3.63, 3.8) is 0 Å². The van der Waals surface area contributed by atoms with Gasteiger partial charge in [-0.2, -0.15) is 0 Å². The van der Waals surface area contributed by atoms with Gasteiger partial charge in [0, 0.05) is 12.0 Å². The highest BCUT2D eigenvalue weighted by molar-refractivity contribution is 7.18. The number of para-hydroxylation sites is 1. The molecule has 1 aromatic heterocycles. The van der Waals surface area contributed by atoms with Crippen molar-refractivity contribution < 1.29 is 0 Å². The van der Waals surface area contributed by atoms with Crippen LogP contribution < -0.4 is 5.73 Å². The highest BCUT2D eigenvalue weighted by atomic mass is 32.1. The fraction of sp³-hybridized carbons (Fsp3) is 0.462. The van der Waals surface area contributed by atoms with Crippen molar-refractivity contribution in [1.82, 2.24) is 4.98 Å².